The van der Waals surface area contributed by atoms with Gasteiger partial charge in [-0.15, -0.1) is 0 Å². The van der Waals surface area contributed by atoms with E-state index in [1.807, 2.05) is 0 Å². The third kappa shape index (κ3) is 3.95. The molecule has 2 atom stereocenters. The van der Waals surface area contributed by atoms with E-state index in [-0.39, 0.29) is 0 Å². The van der Waals surface area contributed by atoms with Gasteiger partial charge in [0.1, 0.15) is 0 Å². The summed E-state index contributed by atoms with van der Waals surface area (Å²) in [6, 6.07) is 1.45. The predicted octanol–water partition coefficient (Wildman–Crippen LogP) is 1.10. The van der Waals surface area contributed by atoms with Crippen LogP contribution >= 0.6 is 0 Å². The number of nitrogens with one attached hydrogen (secondary N) is 1. The van der Waals surface area contributed by atoms with Crippen molar-refractivity contribution in [2.24, 2.45) is 0 Å². The smallest absolute Gasteiger partial charge is 0.0462 e. The molecule has 84 valence electrons. The predicted molar refractivity (Wildman–Crippen MR) is 59.6 cm³/mol. The summed E-state index contributed by atoms with van der Waals surface area (Å²) in [5.41, 5.74) is 0. The molecule has 0 aromatic rings. The number of likely N-dealkylation sites (N-methyl/N-ethyl adjacent to an activating group) is 1. The maximum absolute atomic E-state index is 5.01. The van der Waals surface area contributed by atoms with Crippen molar-refractivity contribution in [1.29, 1.82) is 0 Å². The molecule has 0 saturated carbocycles. The zero-order chi connectivity index (χ0) is 10.4. The lowest BCUT2D eigenvalue weighted by Gasteiger charge is -2.13. The van der Waals surface area contributed by atoms with Gasteiger partial charge >= 0.3 is 0 Å². The molecule has 1 saturated heterocycles. The lowest BCUT2D eigenvalue weighted by atomic mass is 10.2. The highest BCUT2D eigenvalue weighted by Gasteiger charge is 2.24. The Bertz CT molecular complexity index is 142. The average Bonchev–Trinajstić information content (AvgIpc) is 2.46. The van der Waals surface area contributed by atoms with E-state index in [4.69, 9.17) is 4.74 Å². The average molecular weight is 200 g/mol. The molecule has 1 fully saturated rings. The van der Waals surface area contributed by atoms with E-state index >= 15 is 0 Å². The Labute approximate surface area is 87.8 Å². The van der Waals surface area contributed by atoms with E-state index in [0.29, 0.717) is 6.04 Å². The first-order valence-corrected chi connectivity index (χ1v) is 5.66. The van der Waals surface area contributed by atoms with Crippen LogP contribution in [-0.2, 0) is 4.74 Å². The van der Waals surface area contributed by atoms with Crippen LogP contribution in [0.3, 0.4) is 0 Å². The summed E-state index contributed by atoms with van der Waals surface area (Å²) < 4.78 is 5.01. The van der Waals surface area contributed by atoms with Crippen molar-refractivity contribution in [2.75, 3.05) is 33.9 Å². The summed E-state index contributed by atoms with van der Waals surface area (Å²) >= 11 is 0. The second-order valence-electron chi connectivity index (χ2n) is 4.38. The first-order valence-electron chi connectivity index (χ1n) is 5.66. The van der Waals surface area contributed by atoms with Crippen molar-refractivity contribution in [2.45, 2.75) is 38.3 Å². The molecule has 1 N–H and O–H groups in total. The van der Waals surface area contributed by atoms with Crippen molar-refractivity contribution in [3.05, 3.63) is 0 Å². The quantitative estimate of drug-likeness (QED) is 0.650. The Morgan fingerprint density at radius 1 is 1.43 bits per heavy atom. The van der Waals surface area contributed by atoms with Crippen LogP contribution in [0, 0.1) is 0 Å². The molecule has 0 aromatic carbocycles. The van der Waals surface area contributed by atoms with Gasteiger partial charge in [-0.25, -0.2) is 0 Å². The number of hydrogen-bond donors (Lipinski definition) is 1. The van der Waals surface area contributed by atoms with Crippen LogP contribution in [0.15, 0.2) is 0 Å². The molecular weight excluding hydrogens is 176 g/mol. The maximum Gasteiger partial charge on any atom is 0.0462 e. The highest BCUT2D eigenvalue weighted by Crippen LogP contribution is 2.14. The molecule has 0 bridgehead atoms. The Hall–Kier alpha value is -0.120. The highest BCUT2D eigenvalue weighted by molar-refractivity contribution is 4.84. The summed E-state index contributed by atoms with van der Waals surface area (Å²) in [6.45, 7) is 5.52. The third-order valence-corrected chi connectivity index (χ3v) is 3.09. The maximum atomic E-state index is 5.01. The SMILES string of the molecule is COCCCCNC1CC(C)N(C)C1. The van der Waals surface area contributed by atoms with E-state index in [1.54, 1.807) is 7.11 Å². The van der Waals surface area contributed by atoms with E-state index < -0.39 is 0 Å². The Morgan fingerprint density at radius 3 is 2.79 bits per heavy atom. The summed E-state index contributed by atoms with van der Waals surface area (Å²) in [6.07, 6.45) is 3.69. The standard InChI is InChI=1S/C11H24N2O/c1-10-8-11(9-13(10)2)12-6-4-5-7-14-3/h10-12H,4-9H2,1-3H3. The molecule has 1 aliphatic heterocycles. The highest BCUT2D eigenvalue weighted by atomic mass is 16.5. The van der Waals surface area contributed by atoms with Crippen LogP contribution in [-0.4, -0.2) is 50.8 Å². The molecule has 1 aliphatic rings. The fourth-order valence-electron chi connectivity index (χ4n) is 2.02. The van der Waals surface area contributed by atoms with Crippen LogP contribution < -0.4 is 5.32 Å². The largest absolute Gasteiger partial charge is 0.385 e. The fraction of sp³-hybridized carbons (Fsp3) is 1.00. The third-order valence-electron chi connectivity index (χ3n) is 3.09. The Kier molecular flexibility index (Phi) is 5.45. The van der Waals surface area contributed by atoms with Crippen LogP contribution in [0.2, 0.25) is 0 Å². The van der Waals surface area contributed by atoms with Crippen molar-refractivity contribution >= 4 is 0 Å². The monoisotopic (exact) mass is 200 g/mol. The number of likely N-dealkylation sites (tertiary alicyclic amines) is 1. The van der Waals surface area contributed by atoms with Crippen molar-refractivity contribution in [1.82, 2.24) is 10.2 Å². The molecule has 0 amide bonds. The van der Waals surface area contributed by atoms with Crippen molar-refractivity contribution in [3.8, 4) is 0 Å². The number of nitrogens with zero attached hydrogens (tertiary/aromatic N) is 1. The summed E-state index contributed by atoms with van der Waals surface area (Å²) in [4.78, 5) is 2.42. The van der Waals surface area contributed by atoms with Crippen molar-refractivity contribution in [3.63, 3.8) is 0 Å². The Balaban J connectivity index is 1.97. The van der Waals surface area contributed by atoms with Gasteiger partial charge < -0.3 is 15.0 Å². The van der Waals surface area contributed by atoms with Gasteiger partial charge in [0.15, 0.2) is 0 Å². The molecule has 1 rings (SSSR count). The number of rotatable bonds is 6. The van der Waals surface area contributed by atoms with Crippen molar-refractivity contribution < 1.29 is 4.74 Å². The van der Waals surface area contributed by atoms with E-state index in [2.05, 4.69) is 24.2 Å². The number of methoxy groups -OCH3 is 1. The van der Waals surface area contributed by atoms with Gasteiger partial charge in [-0.05, 0) is 39.8 Å². The summed E-state index contributed by atoms with van der Waals surface area (Å²) in [5, 5.41) is 3.60. The lowest BCUT2D eigenvalue weighted by Crippen LogP contribution is -2.32. The summed E-state index contributed by atoms with van der Waals surface area (Å²) in [7, 11) is 3.97. The normalized spacial score (nSPS) is 28.5. The minimum atomic E-state index is 0.706. The molecular formula is C11H24N2O. The zero-order valence-electron chi connectivity index (χ0n) is 9.75. The number of hydrogen-bond acceptors (Lipinski definition) is 3. The fourth-order valence-corrected chi connectivity index (χ4v) is 2.02. The molecule has 3 nitrogen and oxygen atoms in total. The first kappa shape index (κ1) is 12.0. The van der Waals surface area contributed by atoms with Crippen LogP contribution in [0.5, 0.6) is 0 Å². The van der Waals surface area contributed by atoms with E-state index in [0.717, 1.165) is 19.2 Å². The molecule has 0 radical (unpaired) electrons. The van der Waals surface area contributed by atoms with E-state index in [1.165, 1.54) is 25.8 Å². The van der Waals surface area contributed by atoms with Crippen LogP contribution in [0.25, 0.3) is 0 Å². The molecule has 2 unspecified atom stereocenters. The molecule has 1 heterocycles. The summed E-state index contributed by atoms with van der Waals surface area (Å²) in [5.74, 6) is 0. The minimum absolute atomic E-state index is 0.706. The molecule has 0 spiro atoms. The Morgan fingerprint density at radius 2 is 2.21 bits per heavy atom. The number of ether oxygens (including phenoxy) is 1. The minimum Gasteiger partial charge on any atom is -0.385 e. The van der Waals surface area contributed by atoms with Gasteiger partial charge in [0.25, 0.3) is 0 Å². The lowest BCUT2D eigenvalue weighted by molar-refractivity contribution is 0.192. The molecule has 14 heavy (non-hydrogen) atoms. The van der Waals surface area contributed by atoms with Gasteiger partial charge in [0, 0.05) is 32.3 Å². The second-order valence-corrected chi connectivity index (χ2v) is 4.38. The topological polar surface area (TPSA) is 24.5 Å². The van der Waals surface area contributed by atoms with Gasteiger partial charge in [-0.1, -0.05) is 0 Å². The molecule has 3 heteroatoms. The van der Waals surface area contributed by atoms with Gasteiger partial charge in [0.05, 0.1) is 0 Å². The zero-order valence-corrected chi connectivity index (χ0v) is 9.75. The second kappa shape index (κ2) is 6.38. The first-order chi connectivity index (χ1) is 6.74. The van der Waals surface area contributed by atoms with Gasteiger partial charge in [-0.2, -0.15) is 0 Å². The number of unbranched alkanes of at least 4 members (excludes halogenated alkanes) is 1. The van der Waals surface area contributed by atoms with Crippen LogP contribution in [0.1, 0.15) is 26.2 Å². The van der Waals surface area contributed by atoms with E-state index in [9.17, 15) is 0 Å². The van der Waals surface area contributed by atoms with Gasteiger partial charge in [0.2, 0.25) is 0 Å². The molecule has 0 aromatic heterocycles. The molecule has 0 aliphatic carbocycles. The van der Waals surface area contributed by atoms with Gasteiger partial charge in [-0.3, -0.25) is 0 Å². The van der Waals surface area contributed by atoms with Crippen LogP contribution in [0.4, 0.5) is 0 Å².